The van der Waals surface area contributed by atoms with Gasteiger partial charge >= 0.3 is 0 Å². The van der Waals surface area contributed by atoms with Gasteiger partial charge in [0.25, 0.3) is 0 Å². The van der Waals surface area contributed by atoms with Gasteiger partial charge in [0.2, 0.25) is 5.88 Å². The molecule has 0 spiro atoms. The van der Waals surface area contributed by atoms with E-state index in [1.54, 1.807) is 23.9 Å². The summed E-state index contributed by atoms with van der Waals surface area (Å²) < 4.78 is 8.22. The van der Waals surface area contributed by atoms with E-state index < -0.39 is 0 Å². The summed E-state index contributed by atoms with van der Waals surface area (Å²) in [6, 6.07) is 7.18. The van der Waals surface area contributed by atoms with Crippen LogP contribution in [0.3, 0.4) is 0 Å². The lowest BCUT2D eigenvalue weighted by Gasteiger charge is -2.09. The fourth-order valence-corrected chi connectivity index (χ4v) is 2.02. The first kappa shape index (κ1) is 12.8. The van der Waals surface area contributed by atoms with E-state index in [0.29, 0.717) is 17.2 Å². The smallest absolute Gasteiger partial charge is 0.217 e. The number of aromatic nitrogens is 2. The van der Waals surface area contributed by atoms with Crippen molar-refractivity contribution in [2.45, 2.75) is 13.8 Å². The van der Waals surface area contributed by atoms with Gasteiger partial charge in [-0.05, 0) is 32.0 Å². The third kappa shape index (κ3) is 2.61. The molecule has 0 saturated carbocycles. The first-order valence-electron chi connectivity index (χ1n) is 5.46. The molecule has 0 aliphatic heterocycles. The molecule has 94 valence electrons. The predicted octanol–water partition coefficient (Wildman–Crippen LogP) is 3.49. The lowest BCUT2D eigenvalue weighted by atomic mass is 10.1. The van der Waals surface area contributed by atoms with Crippen LogP contribution in [-0.2, 0) is 7.05 Å². The second kappa shape index (κ2) is 4.94. The van der Waals surface area contributed by atoms with Crippen molar-refractivity contribution in [3.05, 3.63) is 40.0 Å². The number of benzene rings is 1. The number of aryl methyl sites for hydroxylation is 2. The summed E-state index contributed by atoms with van der Waals surface area (Å²) in [6.45, 7) is 3.41. The average Bonchev–Trinajstić information content (AvgIpc) is 2.60. The number of nitrogens with zero attached hydrogens (tertiary/aromatic N) is 2. The number of ketones is 1. The summed E-state index contributed by atoms with van der Waals surface area (Å²) in [6.07, 6.45) is 0. The highest BCUT2D eigenvalue weighted by Gasteiger charge is 2.12. The molecule has 1 aromatic heterocycles. The van der Waals surface area contributed by atoms with Crippen molar-refractivity contribution < 1.29 is 9.53 Å². The minimum absolute atomic E-state index is 0.0369. The molecule has 0 N–H and O–H groups in total. The zero-order valence-electron chi connectivity index (χ0n) is 10.4. The molecule has 0 amide bonds. The number of hydrogen-bond donors (Lipinski definition) is 0. The van der Waals surface area contributed by atoms with Gasteiger partial charge in [-0.15, -0.1) is 0 Å². The molecule has 2 aromatic rings. The molecule has 0 aliphatic carbocycles. The number of ether oxygens (including phenoxy) is 1. The Labute approximate surface area is 114 Å². The number of carbonyl (C=O) groups excluding carboxylic acids is 1. The highest BCUT2D eigenvalue weighted by molar-refractivity contribution is 9.10. The maximum atomic E-state index is 11.6. The Kier molecular flexibility index (Phi) is 3.52. The molecule has 0 bridgehead atoms. The van der Waals surface area contributed by atoms with Gasteiger partial charge in [-0.25, -0.2) is 4.68 Å². The lowest BCUT2D eigenvalue weighted by Crippen LogP contribution is -2.00. The van der Waals surface area contributed by atoms with Gasteiger partial charge in [0.15, 0.2) is 5.78 Å². The van der Waals surface area contributed by atoms with Gasteiger partial charge in [-0.3, -0.25) is 4.79 Å². The first-order chi connectivity index (χ1) is 8.47. The van der Waals surface area contributed by atoms with E-state index in [2.05, 4.69) is 21.0 Å². The van der Waals surface area contributed by atoms with Gasteiger partial charge in [0.1, 0.15) is 5.75 Å². The van der Waals surface area contributed by atoms with Crippen molar-refractivity contribution >= 4 is 21.7 Å². The number of halogens is 1. The van der Waals surface area contributed by atoms with Crippen LogP contribution in [-0.4, -0.2) is 15.6 Å². The van der Waals surface area contributed by atoms with E-state index >= 15 is 0 Å². The van der Waals surface area contributed by atoms with Gasteiger partial charge in [0, 0.05) is 17.6 Å². The highest BCUT2D eigenvalue weighted by Crippen LogP contribution is 2.28. The second-order valence-corrected chi connectivity index (χ2v) is 4.96. The van der Waals surface area contributed by atoms with E-state index in [1.807, 2.05) is 19.1 Å². The van der Waals surface area contributed by atoms with E-state index in [-0.39, 0.29) is 5.78 Å². The van der Waals surface area contributed by atoms with Crippen LogP contribution in [0.25, 0.3) is 0 Å². The summed E-state index contributed by atoms with van der Waals surface area (Å²) in [7, 11) is 1.80. The van der Waals surface area contributed by atoms with Crippen molar-refractivity contribution in [1.29, 1.82) is 0 Å². The molecule has 0 unspecified atom stereocenters. The van der Waals surface area contributed by atoms with Crippen LogP contribution in [0.15, 0.2) is 28.7 Å². The predicted molar refractivity (Wildman–Crippen MR) is 72.2 cm³/mol. The molecular formula is C13H13BrN2O2. The van der Waals surface area contributed by atoms with Crippen LogP contribution >= 0.6 is 15.9 Å². The summed E-state index contributed by atoms with van der Waals surface area (Å²) in [5.41, 5.74) is 1.41. The third-order valence-electron chi connectivity index (χ3n) is 2.49. The summed E-state index contributed by atoms with van der Waals surface area (Å²) in [4.78, 5) is 11.6. The molecule has 0 fully saturated rings. The Morgan fingerprint density at radius 2 is 2.11 bits per heavy atom. The molecular weight excluding hydrogens is 296 g/mol. The monoisotopic (exact) mass is 308 g/mol. The maximum Gasteiger partial charge on any atom is 0.217 e. The second-order valence-electron chi connectivity index (χ2n) is 4.05. The molecule has 18 heavy (non-hydrogen) atoms. The molecule has 5 heteroatoms. The van der Waals surface area contributed by atoms with E-state index in [4.69, 9.17) is 4.74 Å². The summed E-state index contributed by atoms with van der Waals surface area (Å²) in [5.74, 6) is 1.11. The number of hydrogen-bond acceptors (Lipinski definition) is 3. The van der Waals surface area contributed by atoms with Crippen molar-refractivity contribution in [3.8, 4) is 11.6 Å². The molecule has 0 aliphatic rings. The average molecular weight is 309 g/mol. The van der Waals surface area contributed by atoms with Crippen LogP contribution in [0.4, 0.5) is 0 Å². The van der Waals surface area contributed by atoms with Crippen molar-refractivity contribution in [2.24, 2.45) is 7.05 Å². The summed E-state index contributed by atoms with van der Waals surface area (Å²) in [5, 5.41) is 4.20. The van der Waals surface area contributed by atoms with Crippen LogP contribution < -0.4 is 4.74 Å². The van der Waals surface area contributed by atoms with Crippen LogP contribution in [0, 0.1) is 6.92 Å². The zero-order chi connectivity index (χ0) is 13.3. The molecule has 4 nitrogen and oxygen atoms in total. The molecule has 2 rings (SSSR count). The fraction of sp³-hybridized carbons (Fsp3) is 0.231. The Balaban J connectivity index is 2.40. The molecule has 1 heterocycles. The van der Waals surface area contributed by atoms with E-state index in [9.17, 15) is 4.79 Å². The lowest BCUT2D eigenvalue weighted by molar-refractivity contribution is 0.101. The van der Waals surface area contributed by atoms with Gasteiger partial charge < -0.3 is 4.74 Å². The largest absolute Gasteiger partial charge is 0.439 e. The van der Waals surface area contributed by atoms with Crippen LogP contribution in [0.2, 0.25) is 0 Å². The number of rotatable bonds is 3. The molecule has 0 saturated heterocycles. The van der Waals surface area contributed by atoms with Gasteiger partial charge in [-0.2, -0.15) is 5.10 Å². The standard InChI is InChI=1S/C13H13BrN2O2/c1-8-6-13(16(3)15-8)18-12-5-4-10(14)7-11(12)9(2)17/h4-7H,1-3H3. The van der Waals surface area contributed by atoms with Crippen LogP contribution in [0.5, 0.6) is 11.6 Å². The van der Waals surface area contributed by atoms with Gasteiger partial charge in [-0.1, -0.05) is 15.9 Å². The molecule has 1 aromatic carbocycles. The third-order valence-corrected chi connectivity index (χ3v) is 2.99. The Hall–Kier alpha value is -1.62. The quantitative estimate of drug-likeness (QED) is 0.815. The highest BCUT2D eigenvalue weighted by atomic mass is 79.9. The normalized spacial score (nSPS) is 10.4. The SMILES string of the molecule is CC(=O)c1cc(Br)ccc1Oc1cc(C)nn1C. The molecule has 0 atom stereocenters. The first-order valence-corrected chi connectivity index (χ1v) is 6.25. The van der Waals surface area contributed by atoms with E-state index in [1.165, 1.54) is 6.92 Å². The van der Waals surface area contributed by atoms with Gasteiger partial charge in [0.05, 0.1) is 11.3 Å². The Bertz CT molecular complexity index is 605. The number of Topliss-reactive ketones (excluding diaryl/α,β-unsaturated/α-hetero) is 1. The zero-order valence-corrected chi connectivity index (χ0v) is 12.0. The Morgan fingerprint density at radius 1 is 1.39 bits per heavy atom. The number of carbonyl (C=O) groups is 1. The topological polar surface area (TPSA) is 44.1 Å². The fourth-order valence-electron chi connectivity index (χ4n) is 1.66. The van der Waals surface area contributed by atoms with Crippen molar-refractivity contribution in [1.82, 2.24) is 9.78 Å². The minimum Gasteiger partial charge on any atom is -0.439 e. The molecule has 0 radical (unpaired) electrons. The maximum absolute atomic E-state index is 11.6. The van der Waals surface area contributed by atoms with Crippen LogP contribution in [0.1, 0.15) is 23.0 Å². The van der Waals surface area contributed by atoms with E-state index in [0.717, 1.165) is 10.2 Å². The van der Waals surface area contributed by atoms with Crippen molar-refractivity contribution in [3.63, 3.8) is 0 Å². The minimum atomic E-state index is -0.0369. The summed E-state index contributed by atoms with van der Waals surface area (Å²) >= 11 is 3.34. The van der Waals surface area contributed by atoms with Crippen molar-refractivity contribution in [2.75, 3.05) is 0 Å². The Morgan fingerprint density at radius 3 is 2.67 bits per heavy atom.